The van der Waals surface area contributed by atoms with Crippen molar-refractivity contribution in [2.45, 2.75) is 60.3 Å². The Morgan fingerprint density at radius 3 is 2.00 bits per heavy atom. The van der Waals surface area contributed by atoms with Crippen LogP contribution in [0.4, 0.5) is 0 Å². The van der Waals surface area contributed by atoms with Gasteiger partial charge >= 0.3 is 0 Å². The Labute approximate surface area is 198 Å². The molecular weight excluding hydrogens is 432 g/mol. The van der Waals surface area contributed by atoms with E-state index in [2.05, 4.69) is 6.08 Å². The maximum Gasteiger partial charge on any atom is 0.204 e. The zero-order valence-electron chi connectivity index (χ0n) is 20.3. The molecule has 0 saturated heterocycles. The van der Waals surface area contributed by atoms with E-state index in [1.165, 1.54) is 17.7 Å². The van der Waals surface area contributed by atoms with Gasteiger partial charge in [-0.2, -0.15) is 0 Å². The second-order valence-corrected chi connectivity index (χ2v) is 9.18. The summed E-state index contributed by atoms with van der Waals surface area (Å²) in [6.45, 7) is 9.85. The molecule has 0 aliphatic carbocycles. The fraction of sp³-hybridized carbons (Fsp3) is 0.321. The molecule has 3 rings (SSSR count). The monoisotopic (exact) mass is 464 g/mol. The third-order valence-corrected chi connectivity index (χ3v) is 5.82. The highest BCUT2D eigenvalue weighted by molar-refractivity contribution is 5.97. The van der Waals surface area contributed by atoms with Crippen LogP contribution in [0.2, 0.25) is 0 Å². The maximum absolute atomic E-state index is 13.5. The van der Waals surface area contributed by atoms with Gasteiger partial charge in [0.25, 0.3) is 0 Å². The molecule has 0 spiro atoms. The van der Waals surface area contributed by atoms with Crippen molar-refractivity contribution in [2.75, 3.05) is 0 Å². The Kier molecular flexibility index (Phi) is 7.40. The summed E-state index contributed by atoms with van der Waals surface area (Å²) in [5.74, 6) is -1.34. The minimum Gasteiger partial charge on any atom is -0.507 e. The first-order valence-corrected chi connectivity index (χ1v) is 11.3. The lowest BCUT2D eigenvalue weighted by Gasteiger charge is -2.13. The quantitative estimate of drug-likeness (QED) is 0.180. The average Bonchev–Trinajstić information content (AvgIpc) is 2.73. The zero-order valence-corrected chi connectivity index (χ0v) is 20.3. The molecule has 4 N–H and O–H groups in total. The molecule has 0 atom stereocenters. The molecule has 34 heavy (non-hydrogen) atoms. The van der Waals surface area contributed by atoms with Crippen LogP contribution in [0.1, 0.15) is 58.6 Å². The fourth-order valence-corrected chi connectivity index (χ4v) is 3.90. The van der Waals surface area contributed by atoms with E-state index in [1.54, 1.807) is 0 Å². The summed E-state index contributed by atoms with van der Waals surface area (Å²) in [5.41, 5.74) is 3.30. The van der Waals surface area contributed by atoms with Gasteiger partial charge in [0.1, 0.15) is 28.1 Å². The second kappa shape index (κ2) is 10.1. The van der Waals surface area contributed by atoms with Crippen molar-refractivity contribution in [1.29, 1.82) is 0 Å². The molecule has 1 aromatic heterocycles. The van der Waals surface area contributed by atoms with Crippen molar-refractivity contribution in [3.63, 3.8) is 0 Å². The van der Waals surface area contributed by atoms with E-state index >= 15 is 0 Å². The molecule has 0 saturated carbocycles. The first kappa shape index (κ1) is 25.0. The number of phenolic OH excluding ortho intramolecular Hbond substituents is 4. The predicted molar refractivity (Wildman–Crippen MR) is 136 cm³/mol. The van der Waals surface area contributed by atoms with E-state index in [1.807, 2.05) is 46.8 Å². The standard InChI is InChI=1S/C28H32O6/c1-15(2)7-6-8-17(5)10-12-19-24-22(14-21(30)26(19)31)34-23-13-20(29)18(11-9-16(3)4)27(32)25(23)28(24)33/h7,9-10,13-14,29-32H,6,8,11-12H2,1-5H3. The van der Waals surface area contributed by atoms with Gasteiger partial charge in [-0.25, -0.2) is 0 Å². The van der Waals surface area contributed by atoms with Crippen LogP contribution < -0.4 is 5.43 Å². The van der Waals surface area contributed by atoms with Crippen molar-refractivity contribution in [1.82, 2.24) is 0 Å². The van der Waals surface area contributed by atoms with Crippen molar-refractivity contribution < 1.29 is 24.8 Å². The molecule has 6 heteroatoms. The van der Waals surface area contributed by atoms with E-state index in [9.17, 15) is 25.2 Å². The van der Waals surface area contributed by atoms with Crippen molar-refractivity contribution in [3.8, 4) is 23.0 Å². The minimum atomic E-state index is -0.534. The van der Waals surface area contributed by atoms with Crippen molar-refractivity contribution in [3.05, 3.63) is 68.4 Å². The van der Waals surface area contributed by atoms with Crippen LogP contribution in [0.5, 0.6) is 23.0 Å². The van der Waals surface area contributed by atoms with Gasteiger partial charge in [0, 0.05) is 23.3 Å². The SMILES string of the molecule is CC(C)=CCCC(C)=CCc1c(O)c(O)cc2oc3cc(O)c(CC=C(C)C)c(O)c3c(=O)c12. The van der Waals surface area contributed by atoms with Crippen LogP contribution >= 0.6 is 0 Å². The van der Waals surface area contributed by atoms with Gasteiger partial charge in [0.15, 0.2) is 11.5 Å². The lowest BCUT2D eigenvalue weighted by Crippen LogP contribution is -2.07. The summed E-state index contributed by atoms with van der Waals surface area (Å²) < 4.78 is 5.81. The topological polar surface area (TPSA) is 111 Å². The molecule has 0 amide bonds. The lowest BCUT2D eigenvalue weighted by atomic mass is 9.98. The Hall–Kier alpha value is -3.67. The first-order chi connectivity index (χ1) is 16.0. The minimum absolute atomic E-state index is 0.00191. The molecule has 2 aromatic carbocycles. The van der Waals surface area contributed by atoms with Gasteiger partial charge in [-0.15, -0.1) is 0 Å². The van der Waals surface area contributed by atoms with Gasteiger partial charge < -0.3 is 24.8 Å². The van der Waals surface area contributed by atoms with Crippen molar-refractivity contribution >= 4 is 21.9 Å². The van der Waals surface area contributed by atoms with Crippen molar-refractivity contribution in [2.24, 2.45) is 0 Å². The molecule has 0 aliphatic heterocycles. The molecule has 180 valence electrons. The highest BCUT2D eigenvalue weighted by Gasteiger charge is 2.22. The molecule has 3 aromatic rings. The molecule has 0 fully saturated rings. The molecule has 0 aliphatic rings. The first-order valence-electron chi connectivity index (χ1n) is 11.3. The van der Waals surface area contributed by atoms with Crippen LogP contribution in [0, 0.1) is 0 Å². The summed E-state index contributed by atoms with van der Waals surface area (Å²) in [6.07, 6.45) is 8.05. The normalized spacial score (nSPS) is 11.7. The fourth-order valence-electron chi connectivity index (χ4n) is 3.90. The second-order valence-electron chi connectivity index (χ2n) is 9.18. The zero-order chi connectivity index (χ0) is 25.2. The van der Waals surface area contributed by atoms with Crippen LogP contribution in [-0.2, 0) is 12.8 Å². The maximum atomic E-state index is 13.5. The van der Waals surface area contributed by atoms with Crippen LogP contribution in [0.3, 0.4) is 0 Å². The van der Waals surface area contributed by atoms with Gasteiger partial charge in [-0.3, -0.25) is 4.79 Å². The third-order valence-electron chi connectivity index (χ3n) is 5.82. The van der Waals surface area contributed by atoms with E-state index in [4.69, 9.17) is 4.42 Å². The van der Waals surface area contributed by atoms with E-state index in [0.717, 1.165) is 24.0 Å². The number of aromatic hydroxyl groups is 4. The summed E-state index contributed by atoms with van der Waals surface area (Å²) in [5, 5.41) is 42.2. The van der Waals surface area contributed by atoms with Crippen LogP contribution in [0.15, 0.2) is 56.3 Å². The van der Waals surface area contributed by atoms with Gasteiger partial charge in [-0.05, 0) is 60.3 Å². The Morgan fingerprint density at radius 2 is 1.35 bits per heavy atom. The molecule has 0 unspecified atom stereocenters. The average molecular weight is 465 g/mol. The third kappa shape index (κ3) is 5.11. The van der Waals surface area contributed by atoms with Crippen LogP contribution in [-0.4, -0.2) is 20.4 Å². The number of hydrogen-bond donors (Lipinski definition) is 4. The number of allylic oxidation sites excluding steroid dienone is 6. The Bertz CT molecular complexity index is 1390. The lowest BCUT2D eigenvalue weighted by molar-refractivity contribution is 0.400. The van der Waals surface area contributed by atoms with E-state index < -0.39 is 16.9 Å². The van der Waals surface area contributed by atoms with Crippen LogP contribution in [0.25, 0.3) is 21.9 Å². The summed E-state index contributed by atoms with van der Waals surface area (Å²) in [6, 6.07) is 2.46. The number of phenols is 4. The molecule has 0 radical (unpaired) electrons. The number of rotatable bonds is 7. The molecule has 1 heterocycles. The largest absolute Gasteiger partial charge is 0.507 e. The number of hydrogen-bond acceptors (Lipinski definition) is 6. The summed E-state index contributed by atoms with van der Waals surface area (Å²) in [4.78, 5) is 13.5. The molecule has 0 bridgehead atoms. The number of benzene rings is 2. The van der Waals surface area contributed by atoms with Gasteiger partial charge in [-0.1, -0.05) is 34.9 Å². The predicted octanol–water partition coefficient (Wildman–Crippen LogP) is 6.51. The molecule has 6 nitrogen and oxygen atoms in total. The smallest absolute Gasteiger partial charge is 0.204 e. The highest BCUT2D eigenvalue weighted by atomic mass is 16.3. The van der Waals surface area contributed by atoms with E-state index in [0.29, 0.717) is 0 Å². The van der Waals surface area contributed by atoms with Gasteiger partial charge in [0.05, 0.1) is 5.39 Å². The Morgan fingerprint density at radius 1 is 0.765 bits per heavy atom. The van der Waals surface area contributed by atoms with E-state index in [-0.39, 0.29) is 57.4 Å². The number of fused-ring (bicyclic) bond motifs is 2. The summed E-state index contributed by atoms with van der Waals surface area (Å²) >= 11 is 0. The summed E-state index contributed by atoms with van der Waals surface area (Å²) in [7, 11) is 0. The van der Waals surface area contributed by atoms with Gasteiger partial charge in [0.2, 0.25) is 5.43 Å². The molecular formula is C28H32O6. The Balaban J connectivity index is 2.21. The highest BCUT2D eigenvalue weighted by Crippen LogP contribution is 2.40.